The van der Waals surface area contributed by atoms with Gasteiger partial charge in [0.15, 0.2) is 0 Å². The predicted molar refractivity (Wildman–Crippen MR) is 87.9 cm³/mol. The first-order valence-corrected chi connectivity index (χ1v) is 7.42. The molecule has 2 aromatic rings. The number of nitrogens with two attached hydrogens (primary N) is 1. The summed E-state index contributed by atoms with van der Waals surface area (Å²) in [6, 6.07) is 13.8. The summed E-state index contributed by atoms with van der Waals surface area (Å²) in [6.07, 6.45) is 0.776. The fourth-order valence-electron chi connectivity index (χ4n) is 2.17. The lowest BCUT2D eigenvalue weighted by molar-refractivity contribution is 0.215. The first kappa shape index (κ1) is 16.2. The molecule has 0 fully saturated rings. The molecule has 0 saturated carbocycles. The summed E-state index contributed by atoms with van der Waals surface area (Å²) >= 11 is 0. The van der Waals surface area contributed by atoms with Crippen LogP contribution in [0.5, 0.6) is 17.2 Å². The summed E-state index contributed by atoms with van der Waals surface area (Å²) in [5, 5.41) is 0. The fourth-order valence-corrected chi connectivity index (χ4v) is 2.17. The SMILES string of the molecule is COc1ccc(CCN)c(OCCOc2cccc(C)c2)c1. The zero-order valence-corrected chi connectivity index (χ0v) is 13.2. The van der Waals surface area contributed by atoms with Gasteiger partial charge in [0.2, 0.25) is 0 Å². The molecule has 0 heterocycles. The van der Waals surface area contributed by atoms with Gasteiger partial charge in [0.05, 0.1) is 7.11 Å². The second-order valence-corrected chi connectivity index (χ2v) is 5.03. The molecule has 22 heavy (non-hydrogen) atoms. The standard InChI is InChI=1S/C18H23NO3/c1-14-4-3-5-17(12-14)21-10-11-22-18-13-16(20-2)7-6-15(18)8-9-19/h3-7,12-13H,8-11,19H2,1-2H3. The Kier molecular flexibility index (Phi) is 6.10. The highest BCUT2D eigenvalue weighted by molar-refractivity contribution is 5.41. The van der Waals surface area contributed by atoms with Crippen LogP contribution in [0, 0.1) is 6.92 Å². The van der Waals surface area contributed by atoms with Gasteiger partial charge < -0.3 is 19.9 Å². The van der Waals surface area contributed by atoms with E-state index < -0.39 is 0 Å². The average molecular weight is 301 g/mol. The molecule has 2 aromatic carbocycles. The molecule has 4 nitrogen and oxygen atoms in total. The van der Waals surface area contributed by atoms with E-state index >= 15 is 0 Å². The van der Waals surface area contributed by atoms with Gasteiger partial charge in [-0.15, -0.1) is 0 Å². The highest BCUT2D eigenvalue weighted by Gasteiger charge is 2.05. The van der Waals surface area contributed by atoms with Gasteiger partial charge in [0, 0.05) is 6.07 Å². The van der Waals surface area contributed by atoms with Crippen molar-refractivity contribution in [1.82, 2.24) is 0 Å². The highest BCUT2D eigenvalue weighted by Crippen LogP contribution is 2.25. The van der Waals surface area contributed by atoms with Crippen LogP contribution in [-0.2, 0) is 6.42 Å². The quantitative estimate of drug-likeness (QED) is 0.762. The van der Waals surface area contributed by atoms with Crippen LogP contribution >= 0.6 is 0 Å². The van der Waals surface area contributed by atoms with Crippen LogP contribution < -0.4 is 19.9 Å². The Balaban J connectivity index is 1.90. The van der Waals surface area contributed by atoms with Crippen LogP contribution in [0.25, 0.3) is 0 Å². The topological polar surface area (TPSA) is 53.7 Å². The lowest BCUT2D eigenvalue weighted by Gasteiger charge is -2.13. The number of rotatable bonds is 8. The zero-order valence-electron chi connectivity index (χ0n) is 13.2. The summed E-state index contributed by atoms with van der Waals surface area (Å²) in [6.45, 7) is 3.59. The second kappa shape index (κ2) is 8.29. The Morgan fingerprint density at radius 1 is 0.955 bits per heavy atom. The fraction of sp³-hybridized carbons (Fsp3) is 0.333. The first-order valence-electron chi connectivity index (χ1n) is 7.42. The maximum absolute atomic E-state index is 5.82. The molecule has 4 heteroatoms. The molecule has 0 unspecified atom stereocenters. The van der Waals surface area contributed by atoms with Gasteiger partial charge in [0.1, 0.15) is 30.5 Å². The molecule has 0 radical (unpaired) electrons. The molecule has 0 saturated heterocycles. The maximum Gasteiger partial charge on any atom is 0.126 e. The Labute approximate surface area is 131 Å². The van der Waals surface area contributed by atoms with Crippen molar-refractivity contribution in [2.24, 2.45) is 5.73 Å². The van der Waals surface area contributed by atoms with Gasteiger partial charge in [-0.25, -0.2) is 0 Å². The lowest BCUT2D eigenvalue weighted by Crippen LogP contribution is -2.11. The Bertz CT molecular complexity index is 599. The van der Waals surface area contributed by atoms with Gasteiger partial charge in [-0.2, -0.15) is 0 Å². The highest BCUT2D eigenvalue weighted by atomic mass is 16.5. The van der Waals surface area contributed by atoms with Crippen molar-refractivity contribution in [3.63, 3.8) is 0 Å². The molecular formula is C18H23NO3. The van der Waals surface area contributed by atoms with E-state index in [0.717, 1.165) is 29.2 Å². The van der Waals surface area contributed by atoms with E-state index in [4.69, 9.17) is 19.9 Å². The van der Waals surface area contributed by atoms with Crippen LogP contribution in [-0.4, -0.2) is 26.9 Å². The zero-order chi connectivity index (χ0) is 15.8. The molecule has 118 valence electrons. The van der Waals surface area contributed by atoms with Crippen LogP contribution in [0.3, 0.4) is 0 Å². The molecule has 0 aliphatic heterocycles. The minimum Gasteiger partial charge on any atom is -0.497 e. The van der Waals surface area contributed by atoms with E-state index in [1.54, 1.807) is 7.11 Å². The van der Waals surface area contributed by atoms with Crippen molar-refractivity contribution in [2.45, 2.75) is 13.3 Å². The number of benzene rings is 2. The molecule has 2 N–H and O–H groups in total. The molecule has 0 amide bonds. The number of aryl methyl sites for hydroxylation is 1. The van der Waals surface area contributed by atoms with E-state index in [0.29, 0.717) is 19.8 Å². The van der Waals surface area contributed by atoms with Crippen molar-refractivity contribution < 1.29 is 14.2 Å². The Hall–Kier alpha value is -2.20. The van der Waals surface area contributed by atoms with Gasteiger partial charge in [-0.05, 0) is 49.2 Å². The molecule has 0 bridgehead atoms. The smallest absolute Gasteiger partial charge is 0.126 e. The number of ether oxygens (including phenoxy) is 3. The van der Waals surface area contributed by atoms with Crippen molar-refractivity contribution in [3.05, 3.63) is 53.6 Å². The van der Waals surface area contributed by atoms with Crippen LogP contribution in [0.4, 0.5) is 0 Å². The monoisotopic (exact) mass is 301 g/mol. The summed E-state index contributed by atoms with van der Waals surface area (Å²) in [7, 11) is 1.64. The van der Waals surface area contributed by atoms with Crippen molar-refractivity contribution >= 4 is 0 Å². The Morgan fingerprint density at radius 2 is 1.77 bits per heavy atom. The predicted octanol–water partition coefficient (Wildman–Crippen LogP) is 2.96. The van der Waals surface area contributed by atoms with Gasteiger partial charge in [0.25, 0.3) is 0 Å². The summed E-state index contributed by atoms with van der Waals surface area (Å²) < 4.78 is 16.7. The molecule has 0 aromatic heterocycles. The molecule has 0 spiro atoms. The van der Waals surface area contributed by atoms with E-state index in [-0.39, 0.29) is 0 Å². The van der Waals surface area contributed by atoms with E-state index in [2.05, 4.69) is 0 Å². The van der Waals surface area contributed by atoms with E-state index in [1.165, 1.54) is 5.56 Å². The number of hydrogen-bond acceptors (Lipinski definition) is 4. The molecule has 0 atom stereocenters. The normalized spacial score (nSPS) is 10.3. The van der Waals surface area contributed by atoms with Crippen molar-refractivity contribution in [1.29, 1.82) is 0 Å². The lowest BCUT2D eigenvalue weighted by atomic mass is 10.1. The van der Waals surface area contributed by atoms with E-state index in [1.807, 2.05) is 49.4 Å². The summed E-state index contributed by atoms with van der Waals surface area (Å²) in [5.74, 6) is 2.43. The minimum atomic E-state index is 0.471. The maximum atomic E-state index is 5.82. The third kappa shape index (κ3) is 4.67. The summed E-state index contributed by atoms with van der Waals surface area (Å²) in [4.78, 5) is 0. The minimum absolute atomic E-state index is 0.471. The molecule has 0 aliphatic carbocycles. The van der Waals surface area contributed by atoms with E-state index in [9.17, 15) is 0 Å². The molecule has 0 aliphatic rings. The first-order chi connectivity index (χ1) is 10.7. The van der Waals surface area contributed by atoms with Gasteiger partial charge in [-0.3, -0.25) is 0 Å². The van der Waals surface area contributed by atoms with Crippen molar-refractivity contribution in [2.75, 3.05) is 26.9 Å². The number of methoxy groups -OCH3 is 1. The van der Waals surface area contributed by atoms with Gasteiger partial charge in [-0.1, -0.05) is 18.2 Å². The van der Waals surface area contributed by atoms with Gasteiger partial charge >= 0.3 is 0 Å². The second-order valence-electron chi connectivity index (χ2n) is 5.03. The molecular weight excluding hydrogens is 278 g/mol. The van der Waals surface area contributed by atoms with Crippen LogP contribution in [0.2, 0.25) is 0 Å². The largest absolute Gasteiger partial charge is 0.497 e. The van der Waals surface area contributed by atoms with Crippen LogP contribution in [0.1, 0.15) is 11.1 Å². The average Bonchev–Trinajstić information content (AvgIpc) is 2.53. The third-order valence-corrected chi connectivity index (χ3v) is 3.29. The molecule has 2 rings (SSSR count). The van der Waals surface area contributed by atoms with Crippen molar-refractivity contribution in [3.8, 4) is 17.2 Å². The summed E-state index contributed by atoms with van der Waals surface area (Å²) in [5.41, 5.74) is 7.89. The third-order valence-electron chi connectivity index (χ3n) is 3.29. The number of hydrogen-bond donors (Lipinski definition) is 1. The van der Waals surface area contributed by atoms with Crippen LogP contribution in [0.15, 0.2) is 42.5 Å². The Morgan fingerprint density at radius 3 is 2.50 bits per heavy atom.